The second-order valence-corrected chi connectivity index (χ2v) is 8.61. The van der Waals surface area contributed by atoms with Gasteiger partial charge in [0.1, 0.15) is 5.75 Å². The van der Waals surface area contributed by atoms with Crippen molar-refractivity contribution < 1.29 is 17.9 Å². The summed E-state index contributed by atoms with van der Waals surface area (Å²) in [5.74, 6) is 0.188. The molecule has 0 heterocycles. The molecule has 0 aromatic heterocycles. The molecule has 2 rings (SSSR count). The molecule has 1 amide bonds. The molecule has 2 N–H and O–H groups in total. The molecule has 0 saturated carbocycles. The lowest BCUT2D eigenvalue weighted by molar-refractivity contribution is -0.127. The first-order chi connectivity index (χ1) is 12.2. The van der Waals surface area contributed by atoms with Crippen LogP contribution < -0.4 is 14.8 Å². The average molecular weight is 441 g/mol. The highest BCUT2D eigenvalue weighted by Crippen LogP contribution is 2.21. The molecule has 0 aliphatic carbocycles. The van der Waals surface area contributed by atoms with Gasteiger partial charge in [-0.05, 0) is 69.3 Å². The summed E-state index contributed by atoms with van der Waals surface area (Å²) in [5.41, 5.74) is 0.465. The Bertz CT molecular complexity index is 850. The fourth-order valence-electron chi connectivity index (χ4n) is 2.09. The molecule has 26 heavy (non-hydrogen) atoms. The molecule has 1 atom stereocenters. The molecule has 0 spiro atoms. The number of ether oxygens (including phenoxy) is 1. The Balaban J connectivity index is 2.05. The van der Waals surface area contributed by atoms with E-state index in [0.717, 1.165) is 4.47 Å². The Morgan fingerprint density at radius 1 is 1.00 bits per heavy atom. The number of amides is 1. The third kappa shape index (κ3) is 5.74. The number of anilines is 1. The quantitative estimate of drug-likeness (QED) is 0.689. The van der Waals surface area contributed by atoms with E-state index >= 15 is 0 Å². The summed E-state index contributed by atoms with van der Waals surface area (Å²) >= 11 is 3.30. The van der Waals surface area contributed by atoms with Gasteiger partial charge in [-0.25, -0.2) is 8.42 Å². The van der Waals surface area contributed by atoms with Crippen molar-refractivity contribution in [1.29, 1.82) is 0 Å². The number of carbonyl (C=O) groups is 1. The Morgan fingerprint density at radius 3 is 2.12 bits per heavy atom. The third-order valence-electron chi connectivity index (χ3n) is 3.34. The molecule has 0 aliphatic heterocycles. The van der Waals surface area contributed by atoms with Crippen LogP contribution in [0.3, 0.4) is 0 Å². The van der Waals surface area contributed by atoms with Crippen LogP contribution in [-0.4, -0.2) is 26.5 Å². The van der Waals surface area contributed by atoms with Crippen LogP contribution in [0.1, 0.15) is 20.8 Å². The van der Waals surface area contributed by atoms with E-state index in [9.17, 15) is 13.2 Å². The summed E-state index contributed by atoms with van der Waals surface area (Å²) in [7, 11) is -3.70. The second kappa shape index (κ2) is 8.55. The van der Waals surface area contributed by atoms with Crippen molar-refractivity contribution in [3.63, 3.8) is 0 Å². The largest absolute Gasteiger partial charge is 0.481 e. The molecule has 0 aliphatic rings. The molecule has 140 valence electrons. The van der Waals surface area contributed by atoms with Crippen LogP contribution in [-0.2, 0) is 14.8 Å². The minimum Gasteiger partial charge on any atom is -0.481 e. The Hall–Kier alpha value is -2.06. The van der Waals surface area contributed by atoms with Gasteiger partial charge in [-0.15, -0.1) is 0 Å². The fourth-order valence-corrected chi connectivity index (χ4v) is 3.41. The molecule has 0 bridgehead atoms. The first kappa shape index (κ1) is 20.3. The number of carbonyl (C=O) groups excluding carboxylic acids is 1. The fraction of sp³-hybridized carbons (Fsp3) is 0.278. The zero-order chi connectivity index (χ0) is 19.3. The molecule has 0 saturated heterocycles. The number of nitrogens with one attached hydrogen (secondary N) is 2. The first-order valence-corrected chi connectivity index (χ1v) is 10.3. The van der Waals surface area contributed by atoms with Gasteiger partial charge in [0.2, 0.25) is 0 Å². The molecule has 0 fully saturated rings. The van der Waals surface area contributed by atoms with Crippen LogP contribution in [0.2, 0.25) is 0 Å². The van der Waals surface area contributed by atoms with E-state index in [1.807, 2.05) is 13.8 Å². The van der Waals surface area contributed by atoms with Gasteiger partial charge < -0.3 is 10.1 Å². The number of sulfonamides is 1. The molecule has 2 aromatic carbocycles. The highest BCUT2D eigenvalue weighted by Gasteiger charge is 2.17. The van der Waals surface area contributed by atoms with Gasteiger partial charge in [0.05, 0.1) is 4.90 Å². The van der Waals surface area contributed by atoms with Crippen molar-refractivity contribution in [3.05, 3.63) is 53.0 Å². The Morgan fingerprint density at radius 2 is 1.58 bits per heavy atom. The SMILES string of the molecule is CC(C)NC(=O)[C@H](C)Oc1ccc(S(=O)(=O)Nc2ccc(Br)cc2)cc1. The number of hydrogen-bond acceptors (Lipinski definition) is 4. The van der Waals surface area contributed by atoms with Gasteiger partial charge in [-0.2, -0.15) is 0 Å². The van der Waals surface area contributed by atoms with Crippen molar-refractivity contribution in [2.75, 3.05) is 4.72 Å². The van der Waals surface area contributed by atoms with E-state index in [0.29, 0.717) is 11.4 Å². The summed E-state index contributed by atoms with van der Waals surface area (Å²) in [6, 6.07) is 12.8. The van der Waals surface area contributed by atoms with E-state index in [4.69, 9.17) is 4.74 Å². The third-order valence-corrected chi connectivity index (χ3v) is 5.27. The van der Waals surface area contributed by atoms with E-state index in [1.165, 1.54) is 24.3 Å². The van der Waals surface area contributed by atoms with Crippen molar-refractivity contribution in [1.82, 2.24) is 5.32 Å². The highest BCUT2D eigenvalue weighted by molar-refractivity contribution is 9.10. The zero-order valence-corrected chi connectivity index (χ0v) is 17.1. The van der Waals surface area contributed by atoms with E-state index in [-0.39, 0.29) is 16.8 Å². The minimum absolute atomic E-state index is 0.0192. The molecular formula is C18H21BrN2O4S. The Labute approximate surface area is 162 Å². The lowest BCUT2D eigenvalue weighted by Gasteiger charge is -2.16. The lowest BCUT2D eigenvalue weighted by atomic mass is 10.3. The zero-order valence-electron chi connectivity index (χ0n) is 14.7. The van der Waals surface area contributed by atoms with Crippen LogP contribution in [0.15, 0.2) is 57.9 Å². The lowest BCUT2D eigenvalue weighted by Crippen LogP contribution is -2.40. The first-order valence-electron chi connectivity index (χ1n) is 8.03. The van der Waals surface area contributed by atoms with Gasteiger partial charge in [-0.1, -0.05) is 15.9 Å². The average Bonchev–Trinajstić information content (AvgIpc) is 2.56. The van der Waals surface area contributed by atoms with Crippen molar-refractivity contribution in [2.45, 2.75) is 37.8 Å². The smallest absolute Gasteiger partial charge is 0.261 e. The molecule has 6 nitrogen and oxygen atoms in total. The molecule has 0 unspecified atom stereocenters. The number of rotatable bonds is 7. The van der Waals surface area contributed by atoms with Crippen molar-refractivity contribution in [3.8, 4) is 5.75 Å². The summed E-state index contributed by atoms with van der Waals surface area (Å²) in [5, 5.41) is 2.76. The maximum Gasteiger partial charge on any atom is 0.261 e. The van der Waals surface area contributed by atoms with Crippen LogP contribution in [0.25, 0.3) is 0 Å². The maximum atomic E-state index is 12.4. The second-order valence-electron chi connectivity index (χ2n) is 6.01. The summed E-state index contributed by atoms with van der Waals surface area (Å²) in [6.07, 6.45) is -0.680. The van der Waals surface area contributed by atoms with Gasteiger partial charge in [-0.3, -0.25) is 9.52 Å². The minimum atomic E-state index is -3.70. The van der Waals surface area contributed by atoms with Crippen LogP contribution in [0.5, 0.6) is 5.75 Å². The number of benzene rings is 2. The van der Waals surface area contributed by atoms with Crippen LogP contribution in [0, 0.1) is 0 Å². The van der Waals surface area contributed by atoms with Gasteiger partial charge in [0.25, 0.3) is 15.9 Å². The van der Waals surface area contributed by atoms with Crippen LogP contribution >= 0.6 is 15.9 Å². The topological polar surface area (TPSA) is 84.5 Å². The van der Waals surface area contributed by atoms with Gasteiger partial charge >= 0.3 is 0 Å². The molecule has 0 radical (unpaired) electrons. The summed E-state index contributed by atoms with van der Waals surface area (Å²) in [4.78, 5) is 12.0. The monoisotopic (exact) mass is 440 g/mol. The number of hydrogen-bond donors (Lipinski definition) is 2. The highest BCUT2D eigenvalue weighted by atomic mass is 79.9. The van der Waals surface area contributed by atoms with Gasteiger partial charge in [0.15, 0.2) is 6.10 Å². The van der Waals surface area contributed by atoms with Crippen molar-refractivity contribution in [2.24, 2.45) is 0 Å². The van der Waals surface area contributed by atoms with Crippen LogP contribution in [0.4, 0.5) is 5.69 Å². The normalized spacial score (nSPS) is 12.5. The van der Waals surface area contributed by atoms with E-state index in [1.54, 1.807) is 31.2 Å². The van der Waals surface area contributed by atoms with Crippen molar-refractivity contribution >= 4 is 37.5 Å². The van der Waals surface area contributed by atoms with E-state index < -0.39 is 16.1 Å². The summed E-state index contributed by atoms with van der Waals surface area (Å²) < 4.78 is 33.8. The Kier molecular flexibility index (Phi) is 6.66. The molecular weight excluding hydrogens is 420 g/mol. The predicted molar refractivity (Wildman–Crippen MR) is 105 cm³/mol. The molecule has 8 heteroatoms. The summed E-state index contributed by atoms with van der Waals surface area (Å²) in [6.45, 7) is 5.36. The van der Waals surface area contributed by atoms with Gasteiger partial charge in [0, 0.05) is 16.2 Å². The maximum absolute atomic E-state index is 12.4. The molecule has 2 aromatic rings. The van der Waals surface area contributed by atoms with E-state index in [2.05, 4.69) is 26.0 Å². The standard InChI is InChI=1S/C18H21BrN2O4S/c1-12(2)20-18(22)13(3)25-16-8-10-17(11-9-16)26(23,24)21-15-6-4-14(19)5-7-15/h4-13,21H,1-3H3,(H,20,22)/t13-/m0/s1. The number of halogens is 1. The predicted octanol–water partition coefficient (Wildman–Crippen LogP) is 3.54.